The van der Waals surface area contributed by atoms with Crippen molar-refractivity contribution in [3.05, 3.63) is 194 Å². The molecule has 0 aliphatic carbocycles. The molecule has 0 unspecified atom stereocenters. The topological polar surface area (TPSA) is 35.6 Å². The first-order valence-electron chi connectivity index (χ1n) is 20.6. The first kappa shape index (κ1) is 33.6. The third-order valence-electron chi connectivity index (χ3n) is 12.2. The van der Waals surface area contributed by atoms with Crippen LogP contribution < -0.4 is 0 Å². The average Bonchev–Trinajstić information content (AvgIpc) is 3.80. The van der Waals surface area contributed by atoms with Crippen molar-refractivity contribution in [2.24, 2.45) is 0 Å². The minimum Gasteiger partial charge on any atom is -0.309 e. The molecule has 0 spiro atoms. The average molecular weight is 755 g/mol. The standard InChI is InChI=1S/C55H38N4/c1-2-15-35-26-30-46-47(32-35)56-54(38-19-7-4-8-20-38)55(57-46)59-49-25-14-12-23-42(49)44-33-45-52(34-51(44)59)58(48-24-13-11-22-40(48)36-16-5-3-6-17-36)50-31-29-41-39-21-10-9-18-37(39)27-28-43(41)53(45)50/h3-14,16-34H,2,15H2,1H3. The van der Waals surface area contributed by atoms with E-state index in [1.807, 2.05) is 0 Å². The first-order valence-corrected chi connectivity index (χ1v) is 20.6. The maximum atomic E-state index is 5.52. The van der Waals surface area contributed by atoms with Gasteiger partial charge in [0.2, 0.25) is 0 Å². The van der Waals surface area contributed by atoms with Crippen LogP contribution in [0.15, 0.2) is 188 Å². The van der Waals surface area contributed by atoms with Crippen LogP contribution in [-0.4, -0.2) is 19.1 Å². The number of rotatable bonds is 6. The van der Waals surface area contributed by atoms with E-state index in [1.54, 1.807) is 0 Å². The molecule has 3 heterocycles. The maximum Gasteiger partial charge on any atom is 0.165 e. The summed E-state index contributed by atoms with van der Waals surface area (Å²) in [6.45, 7) is 2.22. The van der Waals surface area contributed by atoms with Crippen LogP contribution in [0.25, 0.3) is 110 Å². The van der Waals surface area contributed by atoms with E-state index in [2.05, 4.69) is 204 Å². The van der Waals surface area contributed by atoms with E-state index in [4.69, 9.17) is 9.97 Å². The van der Waals surface area contributed by atoms with Gasteiger partial charge < -0.3 is 4.57 Å². The highest BCUT2D eigenvalue weighted by molar-refractivity contribution is 6.28. The largest absolute Gasteiger partial charge is 0.309 e. The lowest BCUT2D eigenvalue weighted by Gasteiger charge is -2.15. The van der Waals surface area contributed by atoms with Crippen LogP contribution in [0.1, 0.15) is 18.9 Å². The van der Waals surface area contributed by atoms with Crippen LogP contribution in [0.4, 0.5) is 0 Å². The third-order valence-corrected chi connectivity index (χ3v) is 12.2. The SMILES string of the molecule is CCCc1ccc2nc(-n3c4ccccc4c4cc5c6c7ccc8ccccc8c7ccc6n(-c6ccccc6-c6ccccc6)c5cc43)c(-c3ccccc3)nc2c1. The van der Waals surface area contributed by atoms with Gasteiger partial charge in [-0.1, -0.05) is 159 Å². The lowest BCUT2D eigenvalue weighted by molar-refractivity contribution is 0.922. The molecular formula is C55H38N4. The summed E-state index contributed by atoms with van der Waals surface area (Å²) >= 11 is 0. The van der Waals surface area contributed by atoms with Crippen LogP contribution >= 0.6 is 0 Å². The van der Waals surface area contributed by atoms with E-state index < -0.39 is 0 Å². The molecule has 9 aromatic carbocycles. The predicted octanol–water partition coefficient (Wildman–Crippen LogP) is 14.4. The molecule has 59 heavy (non-hydrogen) atoms. The van der Waals surface area contributed by atoms with Crippen molar-refractivity contribution in [1.29, 1.82) is 0 Å². The summed E-state index contributed by atoms with van der Waals surface area (Å²) in [4.78, 5) is 11.0. The van der Waals surface area contributed by atoms with Gasteiger partial charge in [-0.25, -0.2) is 9.97 Å². The van der Waals surface area contributed by atoms with Gasteiger partial charge in [-0.2, -0.15) is 0 Å². The number of aryl methyl sites for hydroxylation is 1. The molecule has 0 aliphatic rings. The summed E-state index contributed by atoms with van der Waals surface area (Å²) in [7, 11) is 0. The zero-order valence-electron chi connectivity index (χ0n) is 32.6. The molecule has 12 rings (SSSR count). The van der Waals surface area contributed by atoms with Crippen molar-refractivity contribution < 1.29 is 0 Å². The quantitative estimate of drug-likeness (QED) is 0.159. The molecule has 4 nitrogen and oxygen atoms in total. The fourth-order valence-electron chi connectivity index (χ4n) is 9.56. The summed E-state index contributed by atoms with van der Waals surface area (Å²) in [6.07, 6.45) is 2.09. The van der Waals surface area contributed by atoms with E-state index in [1.165, 1.54) is 65.3 Å². The summed E-state index contributed by atoms with van der Waals surface area (Å²) in [6, 6.07) is 68.2. The first-order chi connectivity index (χ1) is 29.2. The second-order valence-corrected chi connectivity index (χ2v) is 15.6. The number of aromatic nitrogens is 4. The molecule has 0 atom stereocenters. The van der Waals surface area contributed by atoms with Crippen LogP contribution in [0.2, 0.25) is 0 Å². The van der Waals surface area contributed by atoms with Gasteiger partial charge in [0.1, 0.15) is 5.69 Å². The van der Waals surface area contributed by atoms with Gasteiger partial charge in [0.05, 0.1) is 38.8 Å². The minimum absolute atomic E-state index is 0.821. The second kappa shape index (κ2) is 13.3. The number of nitrogens with zero attached hydrogens (tertiary/aromatic N) is 4. The zero-order valence-corrected chi connectivity index (χ0v) is 32.6. The van der Waals surface area contributed by atoms with Gasteiger partial charge in [-0.15, -0.1) is 0 Å². The molecule has 0 aliphatic heterocycles. The monoisotopic (exact) mass is 754 g/mol. The number of para-hydroxylation sites is 2. The van der Waals surface area contributed by atoms with Crippen molar-refractivity contribution in [2.45, 2.75) is 19.8 Å². The number of fused-ring (bicyclic) bond motifs is 11. The summed E-state index contributed by atoms with van der Waals surface area (Å²) in [5.74, 6) is 0.821. The van der Waals surface area contributed by atoms with Crippen molar-refractivity contribution in [1.82, 2.24) is 19.1 Å². The van der Waals surface area contributed by atoms with Crippen molar-refractivity contribution in [2.75, 3.05) is 0 Å². The molecule has 0 fully saturated rings. The van der Waals surface area contributed by atoms with Crippen LogP contribution in [0.3, 0.4) is 0 Å². The molecule has 0 N–H and O–H groups in total. The lowest BCUT2D eigenvalue weighted by atomic mass is 9.98. The zero-order chi connectivity index (χ0) is 39.0. The maximum absolute atomic E-state index is 5.52. The highest BCUT2D eigenvalue weighted by Gasteiger charge is 2.24. The molecule has 4 heteroatoms. The highest BCUT2D eigenvalue weighted by atomic mass is 15.1. The van der Waals surface area contributed by atoms with E-state index in [0.29, 0.717) is 0 Å². The van der Waals surface area contributed by atoms with E-state index in [0.717, 1.165) is 63.2 Å². The van der Waals surface area contributed by atoms with Crippen molar-refractivity contribution in [3.8, 4) is 33.9 Å². The van der Waals surface area contributed by atoms with Crippen LogP contribution in [0, 0.1) is 0 Å². The fraction of sp³-hybridized carbons (Fsp3) is 0.0545. The molecule has 278 valence electrons. The molecule has 0 amide bonds. The number of hydrogen-bond acceptors (Lipinski definition) is 2. The smallest absolute Gasteiger partial charge is 0.165 e. The Labute approximate surface area is 341 Å². The number of benzene rings is 9. The predicted molar refractivity (Wildman–Crippen MR) is 248 cm³/mol. The van der Waals surface area contributed by atoms with Crippen molar-refractivity contribution >= 4 is 76.2 Å². The van der Waals surface area contributed by atoms with Gasteiger partial charge in [-0.05, 0) is 81.6 Å². The Kier molecular flexibility index (Phi) is 7.54. The normalized spacial score (nSPS) is 11.9. The van der Waals surface area contributed by atoms with Gasteiger partial charge in [0, 0.05) is 32.7 Å². The molecule has 0 saturated carbocycles. The molecule has 0 saturated heterocycles. The summed E-state index contributed by atoms with van der Waals surface area (Å²) < 4.78 is 4.85. The van der Waals surface area contributed by atoms with E-state index >= 15 is 0 Å². The highest BCUT2D eigenvalue weighted by Crippen LogP contribution is 2.45. The van der Waals surface area contributed by atoms with E-state index in [-0.39, 0.29) is 0 Å². The van der Waals surface area contributed by atoms with Gasteiger partial charge >= 0.3 is 0 Å². The Bertz CT molecular complexity index is 3610. The van der Waals surface area contributed by atoms with E-state index in [9.17, 15) is 0 Å². The van der Waals surface area contributed by atoms with Crippen molar-refractivity contribution in [3.63, 3.8) is 0 Å². The molecule has 3 aromatic heterocycles. The Hall–Kier alpha value is -7.56. The third kappa shape index (κ3) is 5.16. The minimum atomic E-state index is 0.821. The Morgan fingerprint density at radius 2 is 1.14 bits per heavy atom. The molecule has 12 aromatic rings. The molecule has 0 radical (unpaired) electrons. The van der Waals surface area contributed by atoms with Gasteiger partial charge in [-0.3, -0.25) is 4.57 Å². The van der Waals surface area contributed by atoms with Gasteiger partial charge in [0.25, 0.3) is 0 Å². The van der Waals surface area contributed by atoms with Gasteiger partial charge in [0.15, 0.2) is 5.82 Å². The summed E-state index contributed by atoms with van der Waals surface area (Å²) in [5.41, 5.74) is 13.0. The van der Waals surface area contributed by atoms with Crippen LogP contribution in [0.5, 0.6) is 0 Å². The molecule has 0 bridgehead atoms. The summed E-state index contributed by atoms with van der Waals surface area (Å²) in [5, 5.41) is 9.85. The Morgan fingerprint density at radius 3 is 1.98 bits per heavy atom. The Morgan fingerprint density at radius 1 is 0.424 bits per heavy atom. The Balaban J connectivity index is 1.25. The second-order valence-electron chi connectivity index (χ2n) is 15.6. The fourth-order valence-corrected chi connectivity index (χ4v) is 9.56. The number of hydrogen-bond donors (Lipinski definition) is 0. The van der Waals surface area contributed by atoms with Crippen LogP contribution in [-0.2, 0) is 6.42 Å². The molecular weight excluding hydrogens is 717 g/mol. The lowest BCUT2D eigenvalue weighted by Crippen LogP contribution is -2.04.